The van der Waals surface area contributed by atoms with Crippen molar-refractivity contribution >= 4 is 5.91 Å². The lowest BCUT2D eigenvalue weighted by atomic mass is 9.67. The molecule has 0 aromatic rings. The lowest BCUT2D eigenvalue weighted by Crippen LogP contribution is -2.35. The molecule has 0 aromatic heterocycles. The molecule has 1 saturated carbocycles. The number of hydrogen-bond acceptors (Lipinski definition) is 2. The second kappa shape index (κ2) is 4.97. The van der Waals surface area contributed by atoms with Crippen molar-refractivity contribution in [2.75, 3.05) is 6.61 Å². The topological polar surface area (TPSA) is 52.3 Å². The lowest BCUT2D eigenvalue weighted by Gasteiger charge is -2.41. The minimum absolute atomic E-state index is 0.0683. The van der Waals surface area contributed by atoms with E-state index in [0.717, 1.165) is 12.8 Å². The van der Waals surface area contributed by atoms with Crippen LogP contribution >= 0.6 is 0 Å². The average Bonchev–Trinajstić information content (AvgIpc) is 2.15. The zero-order valence-corrected chi connectivity index (χ0v) is 10.1. The maximum absolute atomic E-state index is 10.6. The summed E-state index contributed by atoms with van der Waals surface area (Å²) in [4.78, 5) is 10.6. The molecule has 3 heteroatoms. The van der Waals surface area contributed by atoms with Gasteiger partial charge in [-0.2, -0.15) is 0 Å². The van der Waals surface area contributed by atoms with Gasteiger partial charge in [0.1, 0.15) is 6.61 Å². The van der Waals surface area contributed by atoms with Crippen molar-refractivity contribution in [3.8, 4) is 0 Å². The Morgan fingerprint density at radius 1 is 1.60 bits per heavy atom. The van der Waals surface area contributed by atoms with E-state index in [2.05, 4.69) is 20.8 Å². The van der Waals surface area contributed by atoms with Crippen molar-refractivity contribution in [2.24, 2.45) is 17.1 Å². The standard InChI is InChI=1S/C12H23NO2/c1-9(2)12(3)6-4-5-10(7-12)15-8-11(13)14/h9-10H,4-8H2,1-3H3,(H2,13,14). The third kappa shape index (κ3) is 3.49. The number of carbonyl (C=O) groups excluding carboxylic acids is 1. The van der Waals surface area contributed by atoms with Crippen LogP contribution in [0.15, 0.2) is 0 Å². The van der Waals surface area contributed by atoms with Gasteiger partial charge in [-0.25, -0.2) is 0 Å². The second-order valence-electron chi connectivity index (χ2n) is 5.30. The third-order valence-corrected chi connectivity index (χ3v) is 3.82. The summed E-state index contributed by atoms with van der Waals surface area (Å²) in [7, 11) is 0. The lowest BCUT2D eigenvalue weighted by molar-refractivity contribution is -0.126. The van der Waals surface area contributed by atoms with Gasteiger partial charge in [-0.1, -0.05) is 27.2 Å². The van der Waals surface area contributed by atoms with Crippen molar-refractivity contribution in [3.05, 3.63) is 0 Å². The molecule has 2 atom stereocenters. The summed E-state index contributed by atoms with van der Waals surface area (Å²) in [5.41, 5.74) is 5.43. The van der Waals surface area contributed by atoms with E-state index in [1.54, 1.807) is 0 Å². The molecule has 0 heterocycles. The first kappa shape index (κ1) is 12.5. The van der Waals surface area contributed by atoms with Gasteiger partial charge in [-0.15, -0.1) is 0 Å². The van der Waals surface area contributed by atoms with Crippen LogP contribution in [0.1, 0.15) is 46.5 Å². The first-order valence-corrected chi connectivity index (χ1v) is 5.84. The quantitative estimate of drug-likeness (QED) is 0.777. The Kier molecular flexibility index (Phi) is 4.14. The van der Waals surface area contributed by atoms with Crippen LogP contribution in [0.25, 0.3) is 0 Å². The molecule has 0 spiro atoms. The zero-order valence-electron chi connectivity index (χ0n) is 10.1. The Bertz CT molecular complexity index is 228. The molecule has 0 aromatic carbocycles. The van der Waals surface area contributed by atoms with Crippen LogP contribution in [0.2, 0.25) is 0 Å². The van der Waals surface area contributed by atoms with E-state index in [-0.39, 0.29) is 18.6 Å². The molecule has 0 radical (unpaired) electrons. The summed E-state index contributed by atoms with van der Waals surface area (Å²) < 4.78 is 5.52. The predicted octanol–water partition coefficient (Wildman–Crippen LogP) is 2.09. The van der Waals surface area contributed by atoms with Crippen LogP contribution < -0.4 is 5.73 Å². The third-order valence-electron chi connectivity index (χ3n) is 3.82. The highest BCUT2D eigenvalue weighted by atomic mass is 16.5. The highest BCUT2D eigenvalue weighted by Crippen LogP contribution is 2.42. The van der Waals surface area contributed by atoms with E-state index in [1.165, 1.54) is 12.8 Å². The number of hydrogen-bond donors (Lipinski definition) is 1. The molecule has 15 heavy (non-hydrogen) atoms. The molecule has 0 aliphatic heterocycles. The summed E-state index contributed by atoms with van der Waals surface area (Å²) in [5, 5.41) is 0. The first-order valence-electron chi connectivity index (χ1n) is 5.84. The number of amides is 1. The molecule has 3 nitrogen and oxygen atoms in total. The second-order valence-corrected chi connectivity index (χ2v) is 5.30. The van der Waals surface area contributed by atoms with Crippen LogP contribution in [0.3, 0.4) is 0 Å². The van der Waals surface area contributed by atoms with E-state index in [0.29, 0.717) is 11.3 Å². The molecular weight excluding hydrogens is 190 g/mol. The Hall–Kier alpha value is -0.570. The SMILES string of the molecule is CC(C)C1(C)CCCC(OCC(N)=O)C1. The zero-order chi connectivity index (χ0) is 11.5. The van der Waals surface area contributed by atoms with Gasteiger partial charge in [0.25, 0.3) is 0 Å². The van der Waals surface area contributed by atoms with Gasteiger partial charge in [0.05, 0.1) is 6.10 Å². The predicted molar refractivity (Wildman–Crippen MR) is 60.3 cm³/mol. The Morgan fingerprint density at radius 2 is 2.27 bits per heavy atom. The summed E-state index contributed by atoms with van der Waals surface area (Å²) >= 11 is 0. The Balaban J connectivity index is 2.45. The van der Waals surface area contributed by atoms with Gasteiger partial charge in [0.15, 0.2) is 0 Å². The maximum atomic E-state index is 10.6. The molecule has 0 bridgehead atoms. The highest BCUT2D eigenvalue weighted by molar-refractivity contribution is 5.75. The van der Waals surface area contributed by atoms with Crippen molar-refractivity contribution in [3.63, 3.8) is 0 Å². The van der Waals surface area contributed by atoms with Crippen LogP contribution in [0, 0.1) is 11.3 Å². The Morgan fingerprint density at radius 3 is 2.80 bits per heavy atom. The van der Waals surface area contributed by atoms with Gasteiger partial charge < -0.3 is 10.5 Å². The van der Waals surface area contributed by atoms with Gasteiger partial charge in [0.2, 0.25) is 5.91 Å². The molecule has 88 valence electrons. The molecule has 1 fully saturated rings. The van der Waals surface area contributed by atoms with Crippen molar-refractivity contribution in [1.29, 1.82) is 0 Å². The van der Waals surface area contributed by atoms with Gasteiger partial charge in [-0.05, 0) is 30.6 Å². The van der Waals surface area contributed by atoms with E-state index >= 15 is 0 Å². The minimum atomic E-state index is -0.369. The van der Waals surface area contributed by atoms with E-state index in [1.807, 2.05) is 0 Å². The number of rotatable bonds is 4. The molecule has 2 unspecified atom stereocenters. The fraction of sp³-hybridized carbons (Fsp3) is 0.917. The monoisotopic (exact) mass is 213 g/mol. The minimum Gasteiger partial charge on any atom is -0.368 e. The number of primary amides is 1. The number of carbonyl (C=O) groups is 1. The summed E-state index contributed by atoms with van der Waals surface area (Å²) in [6.45, 7) is 6.91. The average molecular weight is 213 g/mol. The molecular formula is C12H23NO2. The van der Waals surface area contributed by atoms with Crippen LogP contribution in [0.4, 0.5) is 0 Å². The van der Waals surface area contributed by atoms with E-state index in [4.69, 9.17) is 10.5 Å². The summed E-state index contributed by atoms with van der Waals surface area (Å²) in [5.74, 6) is 0.296. The summed E-state index contributed by atoms with van der Waals surface area (Å²) in [6, 6.07) is 0. The first-order chi connectivity index (χ1) is 6.94. The van der Waals surface area contributed by atoms with E-state index < -0.39 is 0 Å². The fourth-order valence-electron chi connectivity index (χ4n) is 2.32. The normalized spacial score (nSPS) is 31.9. The summed E-state index contributed by atoms with van der Waals surface area (Å²) in [6.07, 6.45) is 4.80. The number of ether oxygens (including phenoxy) is 1. The fourth-order valence-corrected chi connectivity index (χ4v) is 2.32. The highest BCUT2D eigenvalue weighted by Gasteiger charge is 2.35. The van der Waals surface area contributed by atoms with E-state index in [9.17, 15) is 4.79 Å². The molecule has 1 amide bonds. The molecule has 2 N–H and O–H groups in total. The van der Waals surface area contributed by atoms with Gasteiger partial charge >= 0.3 is 0 Å². The van der Waals surface area contributed by atoms with Gasteiger partial charge in [0, 0.05) is 0 Å². The Labute approximate surface area is 92.4 Å². The van der Waals surface area contributed by atoms with Crippen LogP contribution in [-0.2, 0) is 9.53 Å². The van der Waals surface area contributed by atoms with Gasteiger partial charge in [-0.3, -0.25) is 4.79 Å². The number of nitrogens with two attached hydrogens (primary N) is 1. The van der Waals surface area contributed by atoms with Crippen molar-refractivity contribution < 1.29 is 9.53 Å². The molecule has 1 rings (SSSR count). The smallest absolute Gasteiger partial charge is 0.243 e. The van der Waals surface area contributed by atoms with Crippen LogP contribution in [-0.4, -0.2) is 18.6 Å². The molecule has 1 aliphatic rings. The largest absolute Gasteiger partial charge is 0.368 e. The van der Waals surface area contributed by atoms with Crippen molar-refractivity contribution in [2.45, 2.75) is 52.6 Å². The maximum Gasteiger partial charge on any atom is 0.243 e. The van der Waals surface area contributed by atoms with Crippen molar-refractivity contribution in [1.82, 2.24) is 0 Å². The molecule has 0 saturated heterocycles. The molecule has 1 aliphatic carbocycles. The van der Waals surface area contributed by atoms with Crippen LogP contribution in [0.5, 0.6) is 0 Å².